The molecule has 94 valence electrons. The molecule has 0 unspecified atom stereocenters. The highest BCUT2D eigenvalue weighted by atomic mass is 35.5. The molecule has 6 N–H and O–H groups in total. The van der Waals surface area contributed by atoms with Crippen molar-refractivity contribution in [1.82, 2.24) is 0 Å². The number of hydrogen-bond acceptors (Lipinski definition) is 1. The minimum absolute atomic E-state index is 0. The fourth-order valence-corrected chi connectivity index (χ4v) is 1.11. The molecule has 0 aliphatic rings. The molecule has 1 rings (SSSR count). The summed E-state index contributed by atoms with van der Waals surface area (Å²) in [7, 11) is 0. The van der Waals surface area contributed by atoms with E-state index in [1.807, 2.05) is 6.92 Å². The summed E-state index contributed by atoms with van der Waals surface area (Å²) in [6, 6.07) is 4.88. The van der Waals surface area contributed by atoms with Crippen LogP contribution in [0.3, 0.4) is 0 Å². The number of nitrogens with two attached hydrogens (primary N) is 3. The third kappa shape index (κ3) is 5.17. The largest absolute Gasteiger partial charge is 0.370 e. The zero-order chi connectivity index (χ0) is 12.1. The maximum Gasteiger partial charge on any atom is 0.218 e. The Morgan fingerprint density at radius 2 is 1.94 bits per heavy atom. The Morgan fingerprint density at radius 3 is 2.47 bits per heavy atom. The summed E-state index contributed by atoms with van der Waals surface area (Å²) >= 11 is 0. The number of nitrogens with zero attached hydrogens (tertiary/aromatic N) is 2. The fraction of sp³-hybridized carbons (Fsp3) is 0.200. The number of guanidine groups is 2. The van der Waals surface area contributed by atoms with Gasteiger partial charge in [0.1, 0.15) is 5.82 Å². The lowest BCUT2D eigenvalue weighted by atomic mass is 10.1. The summed E-state index contributed by atoms with van der Waals surface area (Å²) in [4.78, 5) is 7.35. The first-order valence-electron chi connectivity index (χ1n) is 4.63. The smallest absolute Gasteiger partial charge is 0.218 e. The Bertz CT molecular complexity index is 440. The summed E-state index contributed by atoms with van der Waals surface area (Å²) < 4.78 is 13.4. The van der Waals surface area contributed by atoms with Gasteiger partial charge in [0.15, 0.2) is 5.96 Å². The van der Waals surface area contributed by atoms with Crippen LogP contribution in [-0.2, 0) is 6.54 Å². The molecule has 1 aromatic carbocycles. The van der Waals surface area contributed by atoms with Crippen LogP contribution in [0.2, 0.25) is 0 Å². The van der Waals surface area contributed by atoms with E-state index in [9.17, 15) is 4.39 Å². The third-order valence-electron chi connectivity index (χ3n) is 1.86. The van der Waals surface area contributed by atoms with Crippen LogP contribution >= 0.6 is 12.4 Å². The zero-order valence-corrected chi connectivity index (χ0v) is 10.2. The van der Waals surface area contributed by atoms with Crippen molar-refractivity contribution in [2.45, 2.75) is 13.5 Å². The van der Waals surface area contributed by atoms with E-state index in [1.54, 1.807) is 12.1 Å². The van der Waals surface area contributed by atoms with Gasteiger partial charge in [0.25, 0.3) is 0 Å². The molecule has 7 heteroatoms. The molecule has 0 aliphatic carbocycles. The summed E-state index contributed by atoms with van der Waals surface area (Å²) in [5.41, 5.74) is 16.9. The van der Waals surface area contributed by atoms with Crippen LogP contribution in [-0.4, -0.2) is 11.9 Å². The zero-order valence-electron chi connectivity index (χ0n) is 9.35. The highest BCUT2D eigenvalue weighted by molar-refractivity contribution is 5.92. The molecule has 0 aliphatic heterocycles. The minimum Gasteiger partial charge on any atom is -0.370 e. The topological polar surface area (TPSA) is 103 Å². The van der Waals surface area contributed by atoms with Gasteiger partial charge >= 0.3 is 0 Å². The highest BCUT2D eigenvalue weighted by Crippen LogP contribution is 2.10. The monoisotopic (exact) mass is 259 g/mol. The van der Waals surface area contributed by atoms with Crippen LogP contribution in [0.15, 0.2) is 28.2 Å². The van der Waals surface area contributed by atoms with Crippen LogP contribution < -0.4 is 17.2 Å². The predicted molar refractivity (Wildman–Crippen MR) is 69.5 cm³/mol. The molecule has 0 atom stereocenters. The predicted octanol–water partition coefficient (Wildman–Crippen LogP) is 0.644. The molecular weight excluding hydrogens is 245 g/mol. The molecule has 0 saturated carbocycles. The van der Waals surface area contributed by atoms with Gasteiger partial charge in [0.05, 0.1) is 6.54 Å². The van der Waals surface area contributed by atoms with Crippen LogP contribution in [0.4, 0.5) is 4.39 Å². The molecule has 0 spiro atoms. The highest BCUT2D eigenvalue weighted by Gasteiger charge is 2.01. The third-order valence-corrected chi connectivity index (χ3v) is 1.86. The maximum absolute atomic E-state index is 13.4. The van der Waals surface area contributed by atoms with Gasteiger partial charge in [0, 0.05) is 5.56 Å². The SMILES string of the molecule is Cc1ccc(CN=C(N)N=C(N)N)c(F)c1.Cl. The Balaban J connectivity index is 0.00000256. The number of benzene rings is 1. The molecule has 0 aromatic heterocycles. The van der Waals surface area contributed by atoms with Gasteiger partial charge in [-0.3, -0.25) is 0 Å². The van der Waals surface area contributed by atoms with Crippen LogP contribution in [0.1, 0.15) is 11.1 Å². The average molecular weight is 260 g/mol. The quantitative estimate of drug-likeness (QED) is 0.536. The van der Waals surface area contributed by atoms with Crippen molar-refractivity contribution in [3.8, 4) is 0 Å². The van der Waals surface area contributed by atoms with E-state index < -0.39 is 0 Å². The summed E-state index contributed by atoms with van der Waals surface area (Å²) in [6.45, 7) is 1.92. The van der Waals surface area contributed by atoms with Gasteiger partial charge in [-0.1, -0.05) is 12.1 Å². The van der Waals surface area contributed by atoms with Crippen molar-refractivity contribution in [3.05, 3.63) is 35.1 Å². The molecule has 1 aromatic rings. The molecule has 0 bridgehead atoms. The number of aliphatic imine (C=N–C) groups is 2. The normalized spacial score (nSPS) is 10.6. The van der Waals surface area contributed by atoms with E-state index in [4.69, 9.17) is 17.2 Å². The summed E-state index contributed by atoms with van der Waals surface area (Å²) in [5.74, 6) is -0.563. The number of hydrogen-bond donors (Lipinski definition) is 3. The van der Waals surface area contributed by atoms with E-state index in [0.717, 1.165) is 5.56 Å². The van der Waals surface area contributed by atoms with Gasteiger partial charge in [-0.2, -0.15) is 4.99 Å². The van der Waals surface area contributed by atoms with Gasteiger partial charge in [0.2, 0.25) is 5.96 Å². The Kier molecular flexibility index (Phi) is 5.98. The van der Waals surface area contributed by atoms with Crippen molar-refractivity contribution < 1.29 is 4.39 Å². The fourth-order valence-electron chi connectivity index (χ4n) is 1.11. The Morgan fingerprint density at radius 1 is 1.29 bits per heavy atom. The molecule has 0 radical (unpaired) electrons. The Hall–Kier alpha value is -1.82. The average Bonchev–Trinajstić information content (AvgIpc) is 2.15. The summed E-state index contributed by atoms with van der Waals surface area (Å²) in [6.07, 6.45) is 0. The van der Waals surface area contributed by atoms with E-state index in [-0.39, 0.29) is 36.7 Å². The van der Waals surface area contributed by atoms with Crippen molar-refractivity contribution in [3.63, 3.8) is 0 Å². The molecule has 0 saturated heterocycles. The lowest BCUT2D eigenvalue weighted by Gasteiger charge is -2.01. The molecule has 17 heavy (non-hydrogen) atoms. The van der Waals surface area contributed by atoms with Crippen LogP contribution in [0, 0.1) is 12.7 Å². The second kappa shape index (κ2) is 6.70. The van der Waals surface area contributed by atoms with Gasteiger partial charge in [-0.25, -0.2) is 9.38 Å². The first-order valence-corrected chi connectivity index (χ1v) is 4.63. The van der Waals surface area contributed by atoms with Gasteiger partial charge in [-0.05, 0) is 18.6 Å². The second-order valence-electron chi connectivity index (χ2n) is 3.31. The lowest BCUT2D eigenvalue weighted by molar-refractivity contribution is 0.609. The van der Waals surface area contributed by atoms with Crippen LogP contribution in [0.5, 0.6) is 0 Å². The molecule has 0 heterocycles. The number of aryl methyl sites for hydroxylation is 1. The summed E-state index contributed by atoms with van der Waals surface area (Å²) in [5, 5.41) is 0. The van der Waals surface area contributed by atoms with Crippen molar-refractivity contribution in [2.75, 3.05) is 0 Å². The van der Waals surface area contributed by atoms with E-state index >= 15 is 0 Å². The standard InChI is InChI=1S/C10H14FN5.ClH/c1-6-2-3-7(8(11)4-6)5-15-10(14)16-9(12)13;/h2-4H,5H2,1H3,(H6,12,13,14,15,16);1H. The first-order chi connectivity index (χ1) is 7.49. The molecule has 0 fully saturated rings. The molecular formula is C10H15ClFN5. The Labute approximate surface area is 105 Å². The second-order valence-corrected chi connectivity index (χ2v) is 3.31. The van der Waals surface area contributed by atoms with Gasteiger partial charge in [-0.15, -0.1) is 12.4 Å². The van der Waals surface area contributed by atoms with Crippen LogP contribution in [0.25, 0.3) is 0 Å². The molecule has 5 nitrogen and oxygen atoms in total. The minimum atomic E-state index is -0.318. The van der Waals surface area contributed by atoms with Crippen molar-refractivity contribution in [1.29, 1.82) is 0 Å². The number of rotatable bonds is 2. The van der Waals surface area contributed by atoms with E-state index in [1.165, 1.54) is 6.07 Å². The lowest BCUT2D eigenvalue weighted by Crippen LogP contribution is -2.26. The van der Waals surface area contributed by atoms with E-state index in [2.05, 4.69) is 9.98 Å². The first kappa shape index (κ1) is 15.2. The van der Waals surface area contributed by atoms with E-state index in [0.29, 0.717) is 5.56 Å². The molecule has 0 amide bonds. The maximum atomic E-state index is 13.4. The van der Waals surface area contributed by atoms with Crippen molar-refractivity contribution >= 4 is 24.3 Å². The van der Waals surface area contributed by atoms with Crippen molar-refractivity contribution in [2.24, 2.45) is 27.2 Å². The van der Waals surface area contributed by atoms with Gasteiger partial charge < -0.3 is 17.2 Å². The number of halogens is 2.